The molecule has 0 bridgehead atoms. The molecule has 3 N–H and O–H groups in total. The van der Waals surface area contributed by atoms with Crippen LogP contribution < -0.4 is 11.1 Å². The molecule has 1 amide bonds. The Bertz CT molecular complexity index is 1000. The summed E-state index contributed by atoms with van der Waals surface area (Å²) < 4.78 is 16.7. The first-order valence-corrected chi connectivity index (χ1v) is 9.22. The van der Waals surface area contributed by atoms with E-state index in [9.17, 15) is 9.18 Å². The van der Waals surface area contributed by atoms with E-state index in [1.165, 1.54) is 12.1 Å². The first kappa shape index (κ1) is 17.8. The summed E-state index contributed by atoms with van der Waals surface area (Å²) in [5.41, 5.74) is 9.05. The Labute approximate surface area is 161 Å². The number of hydrogen-bond donors (Lipinski definition) is 2. The fourth-order valence-corrected chi connectivity index (χ4v) is 3.87. The average Bonchev–Trinajstić information content (AvgIpc) is 3.08. The summed E-state index contributed by atoms with van der Waals surface area (Å²) in [5.74, 6) is -0.551. The molecule has 6 heteroatoms. The lowest BCUT2D eigenvalue weighted by Crippen LogP contribution is -2.39. The van der Waals surface area contributed by atoms with Crippen LogP contribution in [0.2, 0.25) is 5.02 Å². The number of benzene rings is 2. The monoisotopic (exact) mass is 383 g/mol. The molecule has 4 nitrogen and oxygen atoms in total. The van der Waals surface area contributed by atoms with Crippen LogP contribution >= 0.6 is 11.6 Å². The first-order valence-electron chi connectivity index (χ1n) is 8.84. The van der Waals surface area contributed by atoms with Crippen LogP contribution in [0, 0.1) is 5.82 Å². The third-order valence-electron chi connectivity index (χ3n) is 4.90. The average molecular weight is 384 g/mol. The number of amides is 1. The van der Waals surface area contributed by atoms with Gasteiger partial charge in [-0.25, -0.2) is 4.39 Å². The summed E-state index contributed by atoms with van der Waals surface area (Å²) >= 11 is 6.13. The molecule has 2 aromatic carbocycles. The predicted octanol–water partition coefficient (Wildman–Crippen LogP) is 4.25. The maximum Gasteiger partial charge on any atom is 0.268 e. The Balaban J connectivity index is 2.04. The van der Waals surface area contributed by atoms with Crippen molar-refractivity contribution in [3.8, 4) is 22.4 Å². The van der Waals surface area contributed by atoms with Gasteiger partial charge in [-0.15, -0.1) is 0 Å². The molecule has 138 valence electrons. The lowest BCUT2D eigenvalue weighted by molar-refractivity contribution is 0.0914. The van der Waals surface area contributed by atoms with Gasteiger partial charge in [0.05, 0.1) is 11.7 Å². The Morgan fingerprint density at radius 2 is 1.93 bits per heavy atom. The van der Waals surface area contributed by atoms with E-state index in [0.29, 0.717) is 41.4 Å². The number of aromatic nitrogens is 1. The number of nitrogens with one attached hydrogen (secondary N) is 1. The van der Waals surface area contributed by atoms with E-state index in [-0.39, 0.29) is 17.8 Å². The van der Waals surface area contributed by atoms with Crippen molar-refractivity contribution in [1.82, 2.24) is 9.88 Å². The molecule has 1 aromatic heterocycles. The van der Waals surface area contributed by atoms with Crippen molar-refractivity contribution in [3.05, 3.63) is 71.1 Å². The highest BCUT2D eigenvalue weighted by atomic mass is 35.5. The van der Waals surface area contributed by atoms with Crippen molar-refractivity contribution < 1.29 is 9.18 Å². The summed E-state index contributed by atoms with van der Waals surface area (Å²) in [6, 6.07) is 15.9. The molecule has 1 atom stereocenters. The number of rotatable bonds is 4. The lowest BCUT2D eigenvalue weighted by atomic mass is 10.0. The molecule has 0 aliphatic carbocycles. The Kier molecular flexibility index (Phi) is 4.72. The molecular weight excluding hydrogens is 365 g/mol. The molecular formula is C21H19ClFN3O. The Hall–Kier alpha value is -2.63. The number of carbonyl (C=O) groups excluding carboxylic acids is 1. The normalized spacial score (nSPS) is 16.1. The van der Waals surface area contributed by atoms with E-state index in [4.69, 9.17) is 17.3 Å². The summed E-state index contributed by atoms with van der Waals surface area (Å²) in [5, 5.41) is 3.35. The zero-order valence-electron chi connectivity index (χ0n) is 14.6. The molecule has 1 unspecified atom stereocenters. The Morgan fingerprint density at radius 3 is 2.67 bits per heavy atom. The van der Waals surface area contributed by atoms with E-state index in [2.05, 4.69) is 5.32 Å². The smallest absolute Gasteiger partial charge is 0.268 e. The minimum absolute atomic E-state index is 0.00824. The first-order chi connectivity index (χ1) is 13.1. The third kappa shape index (κ3) is 3.13. The number of nitrogens with two attached hydrogens (primary N) is 1. The molecule has 0 saturated carbocycles. The van der Waals surface area contributed by atoms with Crippen LogP contribution in [0.1, 0.15) is 23.0 Å². The quantitative estimate of drug-likeness (QED) is 0.707. The third-order valence-corrected chi connectivity index (χ3v) is 5.13. The van der Waals surface area contributed by atoms with Crippen molar-refractivity contribution in [1.29, 1.82) is 0 Å². The van der Waals surface area contributed by atoms with Gasteiger partial charge in [0.25, 0.3) is 5.91 Å². The van der Waals surface area contributed by atoms with Crippen molar-refractivity contribution in [2.24, 2.45) is 5.73 Å². The number of carbonyl (C=O) groups is 1. The van der Waals surface area contributed by atoms with Crippen LogP contribution in [0.3, 0.4) is 0 Å². The fraction of sp³-hybridized carbons (Fsp3) is 0.190. The molecule has 0 spiro atoms. The standard InChI is InChI=1S/C21H19ClFN3O/c22-14-6-7-18(23)16(10-14)17-11-19-21(27)25-12-15(8-9-24)26(19)20(17)13-4-2-1-3-5-13/h1-7,10-11,15H,8-9,12,24H2,(H,25,27). The van der Waals surface area contributed by atoms with Crippen LogP contribution in [0.4, 0.5) is 4.39 Å². The van der Waals surface area contributed by atoms with E-state index in [1.807, 2.05) is 34.9 Å². The SMILES string of the molecule is NCCC1CNC(=O)c2cc(-c3cc(Cl)ccc3F)c(-c3ccccc3)n21. The van der Waals surface area contributed by atoms with Gasteiger partial charge in [-0.2, -0.15) is 0 Å². The molecule has 0 fully saturated rings. The lowest BCUT2D eigenvalue weighted by Gasteiger charge is -2.28. The van der Waals surface area contributed by atoms with Gasteiger partial charge >= 0.3 is 0 Å². The highest BCUT2D eigenvalue weighted by molar-refractivity contribution is 6.30. The zero-order chi connectivity index (χ0) is 19.0. The van der Waals surface area contributed by atoms with Gasteiger partial charge in [-0.1, -0.05) is 41.9 Å². The van der Waals surface area contributed by atoms with Crippen LogP contribution in [0.5, 0.6) is 0 Å². The van der Waals surface area contributed by atoms with Gasteiger partial charge in [0.1, 0.15) is 11.5 Å². The van der Waals surface area contributed by atoms with E-state index in [0.717, 1.165) is 11.3 Å². The van der Waals surface area contributed by atoms with Crippen LogP contribution in [-0.2, 0) is 0 Å². The summed E-state index contributed by atoms with van der Waals surface area (Å²) in [4.78, 5) is 12.5. The summed E-state index contributed by atoms with van der Waals surface area (Å²) in [7, 11) is 0. The van der Waals surface area contributed by atoms with E-state index >= 15 is 0 Å². The topological polar surface area (TPSA) is 60.0 Å². The summed E-state index contributed by atoms with van der Waals surface area (Å²) in [6.07, 6.45) is 0.708. The highest BCUT2D eigenvalue weighted by Crippen LogP contribution is 2.40. The predicted molar refractivity (Wildman–Crippen MR) is 105 cm³/mol. The minimum atomic E-state index is -0.379. The van der Waals surface area contributed by atoms with Crippen molar-refractivity contribution >= 4 is 17.5 Å². The second-order valence-electron chi connectivity index (χ2n) is 6.59. The van der Waals surface area contributed by atoms with Crippen LogP contribution in [-0.4, -0.2) is 23.6 Å². The largest absolute Gasteiger partial charge is 0.349 e. The number of fused-ring (bicyclic) bond motifs is 1. The number of halogens is 2. The van der Waals surface area contributed by atoms with Crippen molar-refractivity contribution in [2.75, 3.05) is 13.1 Å². The maximum absolute atomic E-state index is 14.7. The van der Waals surface area contributed by atoms with Crippen molar-refractivity contribution in [3.63, 3.8) is 0 Å². The van der Waals surface area contributed by atoms with Gasteiger partial charge in [-0.3, -0.25) is 4.79 Å². The van der Waals surface area contributed by atoms with E-state index in [1.54, 1.807) is 12.1 Å². The van der Waals surface area contributed by atoms with Gasteiger partial charge in [-0.05, 0) is 42.8 Å². The van der Waals surface area contributed by atoms with E-state index < -0.39 is 0 Å². The second kappa shape index (κ2) is 7.18. The molecule has 3 aromatic rings. The molecule has 2 heterocycles. The van der Waals surface area contributed by atoms with Gasteiger partial charge in [0.2, 0.25) is 0 Å². The fourth-order valence-electron chi connectivity index (χ4n) is 3.69. The highest BCUT2D eigenvalue weighted by Gasteiger charge is 2.31. The Morgan fingerprint density at radius 1 is 1.15 bits per heavy atom. The molecule has 27 heavy (non-hydrogen) atoms. The molecule has 1 aliphatic heterocycles. The second-order valence-corrected chi connectivity index (χ2v) is 7.03. The van der Waals surface area contributed by atoms with Gasteiger partial charge in [0.15, 0.2) is 0 Å². The molecule has 1 aliphatic rings. The van der Waals surface area contributed by atoms with Gasteiger partial charge < -0.3 is 15.6 Å². The minimum Gasteiger partial charge on any atom is -0.349 e. The number of hydrogen-bond acceptors (Lipinski definition) is 2. The van der Waals surface area contributed by atoms with Crippen molar-refractivity contribution in [2.45, 2.75) is 12.5 Å². The van der Waals surface area contributed by atoms with Crippen LogP contribution in [0.25, 0.3) is 22.4 Å². The van der Waals surface area contributed by atoms with Crippen LogP contribution in [0.15, 0.2) is 54.6 Å². The molecule has 0 radical (unpaired) electrons. The number of nitrogens with zero attached hydrogens (tertiary/aromatic N) is 1. The van der Waals surface area contributed by atoms with Gasteiger partial charge in [0, 0.05) is 22.7 Å². The zero-order valence-corrected chi connectivity index (χ0v) is 15.3. The maximum atomic E-state index is 14.7. The molecule has 4 rings (SSSR count). The summed E-state index contributed by atoms with van der Waals surface area (Å²) in [6.45, 7) is 0.988. The molecule has 0 saturated heterocycles.